The molecule has 2 unspecified atom stereocenters. The molecule has 0 aromatic heterocycles. The van der Waals surface area contributed by atoms with Gasteiger partial charge in [-0.25, -0.2) is 0 Å². The highest BCUT2D eigenvalue weighted by atomic mass is 35.5. The van der Waals surface area contributed by atoms with Crippen LogP contribution >= 0.6 is 11.6 Å². The molecule has 17 heavy (non-hydrogen) atoms. The van der Waals surface area contributed by atoms with Crippen molar-refractivity contribution < 1.29 is 9.53 Å². The molecule has 1 aromatic carbocycles. The first-order valence-electron chi connectivity index (χ1n) is 5.48. The van der Waals surface area contributed by atoms with E-state index in [0.29, 0.717) is 5.02 Å². The zero-order valence-corrected chi connectivity index (χ0v) is 11.1. The van der Waals surface area contributed by atoms with Crippen molar-refractivity contribution in [2.45, 2.75) is 31.7 Å². The van der Waals surface area contributed by atoms with E-state index in [2.05, 4.69) is 0 Å². The highest BCUT2D eigenvalue weighted by molar-refractivity contribution is 6.30. The minimum Gasteiger partial charge on any atom is -0.469 e. The SMILES string of the molecule is COC(=O)CC(C)(c1cccc(Cl)c1)C(C)N. The van der Waals surface area contributed by atoms with E-state index in [4.69, 9.17) is 22.1 Å². The molecule has 0 aliphatic heterocycles. The first-order chi connectivity index (χ1) is 7.90. The van der Waals surface area contributed by atoms with Crippen molar-refractivity contribution in [3.8, 4) is 0 Å². The van der Waals surface area contributed by atoms with Crippen molar-refractivity contribution >= 4 is 17.6 Å². The van der Waals surface area contributed by atoms with Crippen molar-refractivity contribution in [3.63, 3.8) is 0 Å². The second-order valence-electron chi connectivity index (χ2n) is 4.47. The van der Waals surface area contributed by atoms with Gasteiger partial charge in [-0.05, 0) is 24.6 Å². The molecule has 3 nitrogen and oxygen atoms in total. The van der Waals surface area contributed by atoms with Crippen LogP contribution in [-0.2, 0) is 14.9 Å². The van der Waals surface area contributed by atoms with Crippen LogP contribution in [0.3, 0.4) is 0 Å². The molecule has 1 rings (SSSR count). The van der Waals surface area contributed by atoms with Crippen LogP contribution in [0.25, 0.3) is 0 Å². The minimum absolute atomic E-state index is 0.180. The standard InChI is InChI=1S/C13H18ClNO2/c1-9(15)13(2,8-12(16)17-3)10-5-4-6-11(14)7-10/h4-7,9H,8,15H2,1-3H3. The van der Waals surface area contributed by atoms with E-state index in [1.54, 1.807) is 6.07 Å². The normalized spacial score (nSPS) is 16.1. The summed E-state index contributed by atoms with van der Waals surface area (Å²) in [5, 5.41) is 0.638. The molecular weight excluding hydrogens is 238 g/mol. The van der Waals surface area contributed by atoms with Gasteiger partial charge in [-0.3, -0.25) is 4.79 Å². The van der Waals surface area contributed by atoms with Gasteiger partial charge in [0.2, 0.25) is 0 Å². The summed E-state index contributed by atoms with van der Waals surface area (Å²) in [6.45, 7) is 3.82. The van der Waals surface area contributed by atoms with Gasteiger partial charge in [-0.15, -0.1) is 0 Å². The van der Waals surface area contributed by atoms with Crippen LogP contribution in [0.4, 0.5) is 0 Å². The first-order valence-corrected chi connectivity index (χ1v) is 5.86. The van der Waals surface area contributed by atoms with Crippen LogP contribution in [-0.4, -0.2) is 19.1 Å². The van der Waals surface area contributed by atoms with Gasteiger partial charge >= 0.3 is 5.97 Å². The number of carbonyl (C=O) groups is 1. The first kappa shape index (κ1) is 14.0. The summed E-state index contributed by atoms with van der Waals surface area (Å²) in [7, 11) is 1.38. The maximum atomic E-state index is 11.5. The number of methoxy groups -OCH3 is 1. The Labute approximate surface area is 107 Å². The van der Waals surface area contributed by atoms with Crippen molar-refractivity contribution in [3.05, 3.63) is 34.9 Å². The number of esters is 1. The van der Waals surface area contributed by atoms with Crippen LogP contribution in [0.2, 0.25) is 5.02 Å². The average Bonchev–Trinajstić information content (AvgIpc) is 2.28. The fraction of sp³-hybridized carbons (Fsp3) is 0.462. The number of nitrogens with two attached hydrogens (primary N) is 1. The number of benzene rings is 1. The molecule has 0 aliphatic rings. The van der Waals surface area contributed by atoms with Crippen LogP contribution in [0.1, 0.15) is 25.8 Å². The summed E-state index contributed by atoms with van der Waals surface area (Å²) < 4.78 is 4.72. The maximum Gasteiger partial charge on any atom is 0.306 e. The Morgan fingerprint density at radius 2 is 2.24 bits per heavy atom. The highest BCUT2D eigenvalue weighted by Gasteiger charge is 2.34. The molecule has 0 heterocycles. The van der Waals surface area contributed by atoms with E-state index in [1.807, 2.05) is 32.0 Å². The Bertz CT molecular complexity index is 406. The van der Waals surface area contributed by atoms with Gasteiger partial charge in [-0.2, -0.15) is 0 Å². The Morgan fingerprint density at radius 1 is 1.59 bits per heavy atom. The second kappa shape index (κ2) is 5.52. The van der Waals surface area contributed by atoms with E-state index < -0.39 is 5.41 Å². The molecule has 1 aromatic rings. The lowest BCUT2D eigenvalue weighted by Crippen LogP contribution is -2.42. The second-order valence-corrected chi connectivity index (χ2v) is 4.91. The van der Waals surface area contributed by atoms with Gasteiger partial charge < -0.3 is 10.5 Å². The molecule has 0 radical (unpaired) electrons. The predicted molar refractivity (Wildman–Crippen MR) is 69.1 cm³/mol. The fourth-order valence-electron chi connectivity index (χ4n) is 1.74. The van der Waals surface area contributed by atoms with Crippen LogP contribution < -0.4 is 5.73 Å². The predicted octanol–water partition coefficient (Wildman–Crippen LogP) is 2.51. The Hall–Kier alpha value is -1.06. The zero-order chi connectivity index (χ0) is 13.1. The highest BCUT2D eigenvalue weighted by Crippen LogP contribution is 2.32. The monoisotopic (exact) mass is 255 g/mol. The van der Waals surface area contributed by atoms with Crippen molar-refractivity contribution in [1.29, 1.82) is 0 Å². The van der Waals surface area contributed by atoms with Gasteiger partial charge in [-0.1, -0.05) is 30.7 Å². The van der Waals surface area contributed by atoms with E-state index in [1.165, 1.54) is 7.11 Å². The molecule has 0 saturated carbocycles. The Morgan fingerprint density at radius 3 is 2.71 bits per heavy atom. The smallest absolute Gasteiger partial charge is 0.306 e. The summed E-state index contributed by atoms with van der Waals surface area (Å²) >= 11 is 5.97. The van der Waals surface area contributed by atoms with Gasteiger partial charge in [0.1, 0.15) is 0 Å². The topological polar surface area (TPSA) is 52.3 Å². The third-order valence-electron chi connectivity index (χ3n) is 3.23. The minimum atomic E-state index is -0.474. The van der Waals surface area contributed by atoms with Crippen molar-refractivity contribution in [2.75, 3.05) is 7.11 Å². The molecule has 0 aliphatic carbocycles. The summed E-state index contributed by atoms with van der Waals surface area (Å²) in [6.07, 6.45) is 0.238. The van der Waals surface area contributed by atoms with Crippen molar-refractivity contribution in [1.82, 2.24) is 0 Å². The fourth-order valence-corrected chi connectivity index (χ4v) is 1.93. The van der Waals surface area contributed by atoms with Gasteiger partial charge in [0, 0.05) is 16.5 Å². The van der Waals surface area contributed by atoms with Gasteiger partial charge in [0.15, 0.2) is 0 Å². The molecule has 4 heteroatoms. The number of ether oxygens (including phenoxy) is 1. The third kappa shape index (κ3) is 3.20. The lowest BCUT2D eigenvalue weighted by atomic mass is 9.74. The molecule has 2 atom stereocenters. The Balaban J connectivity index is 3.11. The summed E-state index contributed by atoms with van der Waals surface area (Å²) in [5.74, 6) is -0.273. The molecule has 94 valence electrons. The number of hydrogen-bond donors (Lipinski definition) is 1. The molecule has 0 fully saturated rings. The van der Waals surface area contributed by atoms with E-state index in [-0.39, 0.29) is 18.4 Å². The van der Waals surface area contributed by atoms with Crippen LogP contribution in [0.15, 0.2) is 24.3 Å². The summed E-state index contributed by atoms with van der Waals surface area (Å²) in [6, 6.07) is 7.24. The lowest BCUT2D eigenvalue weighted by Gasteiger charge is -2.33. The molecule has 0 saturated heterocycles. The zero-order valence-electron chi connectivity index (χ0n) is 10.4. The van der Waals surface area contributed by atoms with Crippen molar-refractivity contribution in [2.24, 2.45) is 5.73 Å². The lowest BCUT2D eigenvalue weighted by molar-refractivity contribution is -0.142. The molecule has 0 spiro atoms. The summed E-state index contributed by atoms with van der Waals surface area (Å²) in [4.78, 5) is 11.5. The molecule has 0 bridgehead atoms. The maximum absolute atomic E-state index is 11.5. The molecular formula is C13H18ClNO2. The van der Waals surface area contributed by atoms with E-state index >= 15 is 0 Å². The van der Waals surface area contributed by atoms with E-state index in [0.717, 1.165) is 5.56 Å². The van der Waals surface area contributed by atoms with E-state index in [9.17, 15) is 4.79 Å². The number of hydrogen-bond acceptors (Lipinski definition) is 3. The van der Waals surface area contributed by atoms with Gasteiger partial charge in [0.05, 0.1) is 13.5 Å². The molecule has 2 N–H and O–H groups in total. The van der Waals surface area contributed by atoms with Crippen LogP contribution in [0.5, 0.6) is 0 Å². The van der Waals surface area contributed by atoms with Crippen LogP contribution in [0, 0.1) is 0 Å². The average molecular weight is 256 g/mol. The number of halogens is 1. The number of carbonyl (C=O) groups excluding carboxylic acids is 1. The number of rotatable bonds is 4. The quantitative estimate of drug-likeness (QED) is 0.841. The van der Waals surface area contributed by atoms with Gasteiger partial charge in [0.25, 0.3) is 0 Å². The third-order valence-corrected chi connectivity index (χ3v) is 3.46. The Kier molecular flexibility index (Phi) is 4.54. The summed E-state index contributed by atoms with van der Waals surface area (Å²) in [5.41, 5.74) is 6.48. The molecule has 0 amide bonds. The largest absolute Gasteiger partial charge is 0.469 e.